The van der Waals surface area contributed by atoms with Crippen LogP contribution in [-0.4, -0.2) is 11.1 Å². The number of aliphatic carboxylic acids is 1. The van der Waals surface area contributed by atoms with Gasteiger partial charge in [-0.3, -0.25) is 0 Å². The lowest BCUT2D eigenvalue weighted by atomic mass is 10.1. The van der Waals surface area contributed by atoms with Crippen molar-refractivity contribution in [1.82, 2.24) is 0 Å². The summed E-state index contributed by atoms with van der Waals surface area (Å²) in [5, 5.41) is 8.76. The van der Waals surface area contributed by atoms with Gasteiger partial charge in [0.1, 0.15) is 0 Å². The number of carboxylic acids is 1. The lowest BCUT2D eigenvalue weighted by Crippen LogP contribution is -1.97. The van der Waals surface area contributed by atoms with Gasteiger partial charge >= 0.3 is 5.97 Å². The Morgan fingerprint density at radius 1 is 1.19 bits per heavy atom. The van der Waals surface area contributed by atoms with Crippen LogP contribution in [0.4, 0.5) is 0 Å². The Kier molecular flexibility index (Phi) is 6.93. The van der Waals surface area contributed by atoms with Gasteiger partial charge in [-0.15, -0.1) is 0 Å². The molecule has 0 aromatic carbocycles. The van der Waals surface area contributed by atoms with E-state index in [1.807, 2.05) is 31.2 Å². The third kappa shape index (κ3) is 6.02. The topological polar surface area (TPSA) is 37.3 Å². The summed E-state index contributed by atoms with van der Waals surface area (Å²) in [6.07, 6.45) is 10.8. The van der Waals surface area contributed by atoms with Crippen molar-refractivity contribution in [1.29, 1.82) is 0 Å². The van der Waals surface area contributed by atoms with E-state index >= 15 is 0 Å². The van der Waals surface area contributed by atoms with E-state index in [0.717, 1.165) is 17.6 Å². The summed E-state index contributed by atoms with van der Waals surface area (Å²) in [6, 6.07) is 0. The van der Waals surface area contributed by atoms with Crippen LogP contribution in [-0.2, 0) is 4.79 Å². The fourth-order valence-corrected chi connectivity index (χ4v) is 0.997. The predicted molar refractivity (Wildman–Crippen MR) is 68.3 cm³/mol. The first-order valence-electron chi connectivity index (χ1n) is 5.41. The number of carboxylic acid groups (broad SMARTS) is 1. The molecule has 0 saturated heterocycles. The number of hydrogen-bond acceptors (Lipinski definition) is 1. The van der Waals surface area contributed by atoms with Crippen LogP contribution in [0.5, 0.6) is 0 Å². The molecule has 0 spiro atoms. The maximum Gasteiger partial charge on any atom is 0.331 e. The standard InChI is InChI=1S/C14H20O2/c1-5-6-8-11(2)9-7-10-12(3)13(4)14(15)16/h6-10H,5H2,1-4H3,(H,15,16)/b8-6+,10-7+,11-9+,13-12-. The smallest absolute Gasteiger partial charge is 0.331 e. The molecule has 0 atom stereocenters. The van der Waals surface area contributed by atoms with E-state index in [1.165, 1.54) is 0 Å². The van der Waals surface area contributed by atoms with Crippen molar-refractivity contribution in [2.24, 2.45) is 0 Å². The predicted octanol–water partition coefficient (Wildman–Crippen LogP) is 3.88. The molecule has 88 valence electrons. The Labute approximate surface area is 97.7 Å². The summed E-state index contributed by atoms with van der Waals surface area (Å²) in [7, 11) is 0. The Morgan fingerprint density at radius 2 is 1.81 bits per heavy atom. The molecule has 2 heteroatoms. The molecular weight excluding hydrogens is 200 g/mol. The highest BCUT2D eigenvalue weighted by Crippen LogP contribution is 2.05. The molecule has 2 nitrogen and oxygen atoms in total. The van der Waals surface area contributed by atoms with E-state index in [0.29, 0.717) is 5.57 Å². The second-order valence-electron chi connectivity index (χ2n) is 3.69. The molecule has 0 radical (unpaired) electrons. The largest absolute Gasteiger partial charge is 0.478 e. The maximum absolute atomic E-state index is 10.7. The van der Waals surface area contributed by atoms with Gasteiger partial charge in [0.05, 0.1) is 0 Å². The van der Waals surface area contributed by atoms with Crippen LogP contribution in [0.2, 0.25) is 0 Å². The van der Waals surface area contributed by atoms with Gasteiger partial charge in [-0.2, -0.15) is 0 Å². The van der Waals surface area contributed by atoms with Crippen LogP contribution < -0.4 is 0 Å². The van der Waals surface area contributed by atoms with E-state index in [1.54, 1.807) is 13.8 Å². The van der Waals surface area contributed by atoms with E-state index in [4.69, 9.17) is 5.11 Å². The molecule has 0 rings (SSSR count). The van der Waals surface area contributed by atoms with Crippen LogP contribution in [0.3, 0.4) is 0 Å². The fourth-order valence-electron chi connectivity index (χ4n) is 0.997. The first kappa shape index (κ1) is 14.4. The highest BCUT2D eigenvalue weighted by atomic mass is 16.4. The normalized spacial score (nSPS) is 14.6. The van der Waals surface area contributed by atoms with Gasteiger partial charge in [-0.1, -0.05) is 42.9 Å². The monoisotopic (exact) mass is 220 g/mol. The van der Waals surface area contributed by atoms with Crippen molar-refractivity contribution in [2.45, 2.75) is 34.1 Å². The molecule has 0 aliphatic heterocycles. The van der Waals surface area contributed by atoms with Gasteiger partial charge in [0.25, 0.3) is 0 Å². The minimum atomic E-state index is -0.867. The van der Waals surface area contributed by atoms with Crippen molar-refractivity contribution in [3.05, 3.63) is 47.1 Å². The van der Waals surface area contributed by atoms with E-state index in [9.17, 15) is 4.79 Å². The van der Waals surface area contributed by atoms with Crippen LogP contribution >= 0.6 is 0 Å². The lowest BCUT2D eigenvalue weighted by molar-refractivity contribution is -0.132. The average molecular weight is 220 g/mol. The summed E-state index contributed by atoms with van der Waals surface area (Å²) in [4.78, 5) is 10.7. The van der Waals surface area contributed by atoms with Crippen molar-refractivity contribution in [3.63, 3.8) is 0 Å². The zero-order chi connectivity index (χ0) is 12.6. The van der Waals surface area contributed by atoms with E-state index < -0.39 is 5.97 Å². The van der Waals surface area contributed by atoms with Crippen LogP contribution in [0.25, 0.3) is 0 Å². The molecule has 0 aliphatic rings. The van der Waals surface area contributed by atoms with Crippen LogP contribution in [0.15, 0.2) is 47.1 Å². The molecular formula is C14H20O2. The molecule has 0 heterocycles. The summed E-state index contributed by atoms with van der Waals surface area (Å²) >= 11 is 0. The number of hydrogen-bond donors (Lipinski definition) is 1. The Hall–Kier alpha value is -1.57. The third-order valence-electron chi connectivity index (χ3n) is 2.23. The lowest BCUT2D eigenvalue weighted by Gasteiger charge is -1.96. The quantitative estimate of drug-likeness (QED) is 0.564. The minimum absolute atomic E-state index is 0.381. The number of carbonyl (C=O) groups is 1. The SMILES string of the molecule is CC/C=C/C(C)=C/C=C/C(C)=C(/C)C(=O)O. The second-order valence-corrected chi connectivity index (χ2v) is 3.69. The first-order valence-corrected chi connectivity index (χ1v) is 5.41. The van der Waals surface area contributed by atoms with Gasteiger partial charge in [0.2, 0.25) is 0 Å². The summed E-state index contributed by atoms with van der Waals surface area (Å²) in [5.41, 5.74) is 2.31. The van der Waals surface area contributed by atoms with E-state index in [2.05, 4.69) is 13.0 Å². The highest BCUT2D eigenvalue weighted by molar-refractivity contribution is 5.87. The van der Waals surface area contributed by atoms with Gasteiger partial charge in [0.15, 0.2) is 0 Å². The fraction of sp³-hybridized carbons (Fsp3) is 0.357. The summed E-state index contributed by atoms with van der Waals surface area (Å²) in [5.74, 6) is -0.867. The minimum Gasteiger partial charge on any atom is -0.478 e. The number of rotatable bonds is 5. The number of allylic oxidation sites excluding steroid dienone is 7. The molecule has 0 aromatic rings. The maximum atomic E-state index is 10.7. The van der Waals surface area contributed by atoms with Gasteiger partial charge in [0, 0.05) is 5.57 Å². The molecule has 0 fully saturated rings. The average Bonchev–Trinajstić information content (AvgIpc) is 2.24. The summed E-state index contributed by atoms with van der Waals surface area (Å²) < 4.78 is 0. The summed E-state index contributed by atoms with van der Waals surface area (Å²) in [6.45, 7) is 7.50. The Bertz CT molecular complexity index is 355. The molecule has 0 aliphatic carbocycles. The van der Waals surface area contributed by atoms with Crippen LogP contribution in [0.1, 0.15) is 34.1 Å². The third-order valence-corrected chi connectivity index (χ3v) is 2.23. The molecule has 0 aromatic heterocycles. The first-order chi connectivity index (χ1) is 7.49. The van der Waals surface area contributed by atoms with Crippen molar-refractivity contribution in [3.8, 4) is 0 Å². The van der Waals surface area contributed by atoms with Crippen LogP contribution in [0, 0.1) is 0 Å². The molecule has 0 unspecified atom stereocenters. The molecule has 0 saturated carbocycles. The Morgan fingerprint density at radius 3 is 2.31 bits per heavy atom. The zero-order valence-corrected chi connectivity index (χ0v) is 10.4. The Balaban J connectivity index is 4.57. The van der Waals surface area contributed by atoms with Crippen molar-refractivity contribution >= 4 is 5.97 Å². The van der Waals surface area contributed by atoms with Gasteiger partial charge in [-0.25, -0.2) is 4.79 Å². The molecule has 0 bridgehead atoms. The van der Waals surface area contributed by atoms with Crippen molar-refractivity contribution in [2.75, 3.05) is 0 Å². The second kappa shape index (κ2) is 7.69. The highest BCUT2D eigenvalue weighted by Gasteiger charge is 2.01. The van der Waals surface area contributed by atoms with E-state index in [-0.39, 0.29) is 0 Å². The molecule has 16 heavy (non-hydrogen) atoms. The van der Waals surface area contributed by atoms with Gasteiger partial charge < -0.3 is 5.11 Å². The van der Waals surface area contributed by atoms with Crippen molar-refractivity contribution < 1.29 is 9.90 Å². The molecule has 0 amide bonds. The molecule has 1 N–H and O–H groups in total. The zero-order valence-electron chi connectivity index (χ0n) is 10.4. The van der Waals surface area contributed by atoms with Gasteiger partial charge in [-0.05, 0) is 32.8 Å².